The number of aromatic nitrogens is 2. The fraction of sp³-hybridized carbons (Fsp3) is 0.412. The lowest BCUT2D eigenvalue weighted by atomic mass is 10.1. The predicted molar refractivity (Wildman–Crippen MR) is 85.4 cm³/mol. The van der Waals surface area contributed by atoms with Gasteiger partial charge in [0.15, 0.2) is 12.4 Å². The average molecular weight is 299 g/mol. The van der Waals surface area contributed by atoms with Crippen molar-refractivity contribution in [3.05, 3.63) is 40.7 Å². The molecule has 3 rings (SSSR count). The number of hydrogen-bond acceptors (Lipinski definition) is 3. The van der Waals surface area contributed by atoms with Crippen LogP contribution in [-0.4, -0.2) is 28.8 Å². The van der Waals surface area contributed by atoms with Crippen molar-refractivity contribution in [2.24, 2.45) is 7.05 Å². The highest BCUT2D eigenvalue weighted by Gasteiger charge is 2.26. The number of aryl methyl sites for hydroxylation is 3. The summed E-state index contributed by atoms with van der Waals surface area (Å²) < 4.78 is 7.50. The highest BCUT2D eigenvalue weighted by molar-refractivity contribution is 5.96. The molecule has 0 unspecified atom stereocenters. The maximum Gasteiger partial charge on any atom is 0.264 e. The van der Waals surface area contributed by atoms with E-state index in [2.05, 4.69) is 18.1 Å². The molecule has 22 heavy (non-hydrogen) atoms. The number of anilines is 1. The summed E-state index contributed by atoms with van der Waals surface area (Å²) in [5.74, 6) is 0.700. The maximum atomic E-state index is 12.5. The zero-order valence-electron chi connectivity index (χ0n) is 13.5. The van der Waals surface area contributed by atoms with Gasteiger partial charge in [0.25, 0.3) is 5.91 Å². The van der Waals surface area contributed by atoms with Gasteiger partial charge in [0, 0.05) is 19.3 Å². The smallest absolute Gasteiger partial charge is 0.264 e. The first-order valence-electron chi connectivity index (χ1n) is 7.51. The summed E-state index contributed by atoms with van der Waals surface area (Å²) in [4.78, 5) is 14.3. The molecule has 0 N–H and O–H groups in total. The number of nitrogens with zero attached hydrogens (tertiary/aromatic N) is 3. The van der Waals surface area contributed by atoms with E-state index in [0.29, 0.717) is 5.75 Å². The van der Waals surface area contributed by atoms with Crippen molar-refractivity contribution in [1.29, 1.82) is 0 Å². The van der Waals surface area contributed by atoms with Crippen molar-refractivity contribution in [2.45, 2.75) is 27.2 Å². The number of amides is 1. The summed E-state index contributed by atoms with van der Waals surface area (Å²) in [6.07, 6.45) is 0.915. The Bertz CT molecular complexity index is 734. The second-order valence-corrected chi connectivity index (χ2v) is 5.78. The molecule has 0 atom stereocenters. The Hall–Kier alpha value is -2.30. The monoisotopic (exact) mass is 299 g/mol. The van der Waals surface area contributed by atoms with Crippen LogP contribution in [0.15, 0.2) is 18.2 Å². The van der Waals surface area contributed by atoms with E-state index in [9.17, 15) is 4.79 Å². The molecule has 0 fully saturated rings. The topological polar surface area (TPSA) is 47.4 Å². The van der Waals surface area contributed by atoms with Crippen molar-refractivity contribution in [3.8, 4) is 5.75 Å². The molecular formula is C17H21N3O2. The third kappa shape index (κ3) is 2.36. The molecule has 1 aliphatic rings. The molecule has 0 radical (unpaired) electrons. The molecule has 2 aromatic rings. The van der Waals surface area contributed by atoms with E-state index in [1.165, 1.54) is 11.1 Å². The predicted octanol–water partition coefficient (Wildman–Crippen LogP) is 2.31. The Balaban J connectivity index is 1.73. The van der Waals surface area contributed by atoms with E-state index in [0.717, 1.165) is 30.0 Å². The Morgan fingerprint density at radius 2 is 2.09 bits per heavy atom. The fourth-order valence-corrected chi connectivity index (χ4v) is 3.04. The number of carbonyl (C=O) groups excluding carboxylic acids is 1. The summed E-state index contributed by atoms with van der Waals surface area (Å²) in [5.41, 5.74) is 5.28. The van der Waals surface area contributed by atoms with E-state index >= 15 is 0 Å². The van der Waals surface area contributed by atoms with Crippen molar-refractivity contribution >= 4 is 11.6 Å². The lowest BCUT2D eigenvalue weighted by Gasteiger charge is -2.18. The lowest BCUT2D eigenvalue weighted by Crippen LogP contribution is -2.33. The minimum Gasteiger partial charge on any atom is -0.480 e. The van der Waals surface area contributed by atoms with Crippen LogP contribution in [0.3, 0.4) is 0 Å². The number of carbonyl (C=O) groups is 1. The first-order valence-corrected chi connectivity index (χ1v) is 7.51. The first kappa shape index (κ1) is 14.6. The Morgan fingerprint density at radius 3 is 2.77 bits per heavy atom. The molecule has 0 saturated carbocycles. The molecule has 5 heteroatoms. The minimum atomic E-state index is -0.00740. The molecule has 1 amide bonds. The fourth-order valence-electron chi connectivity index (χ4n) is 3.04. The third-order valence-corrected chi connectivity index (χ3v) is 4.35. The van der Waals surface area contributed by atoms with Crippen LogP contribution in [-0.2, 0) is 18.3 Å². The van der Waals surface area contributed by atoms with Gasteiger partial charge in [0.2, 0.25) is 0 Å². The Morgan fingerprint density at radius 1 is 1.32 bits per heavy atom. The first-order chi connectivity index (χ1) is 10.5. The lowest BCUT2D eigenvalue weighted by molar-refractivity contribution is -0.120. The van der Waals surface area contributed by atoms with Gasteiger partial charge in [0.1, 0.15) is 5.69 Å². The SMILES string of the molecule is Cc1cccc2c1CCN2C(=O)COc1c(C)nn(C)c1C. The minimum absolute atomic E-state index is 0.00740. The molecule has 5 nitrogen and oxygen atoms in total. The van der Waals surface area contributed by atoms with Crippen LogP contribution in [0.25, 0.3) is 0 Å². The number of fused-ring (bicyclic) bond motifs is 1. The zero-order valence-corrected chi connectivity index (χ0v) is 13.5. The van der Waals surface area contributed by atoms with Gasteiger partial charge in [-0.05, 0) is 44.4 Å². The maximum absolute atomic E-state index is 12.5. The van der Waals surface area contributed by atoms with Crippen molar-refractivity contribution in [1.82, 2.24) is 9.78 Å². The highest BCUT2D eigenvalue weighted by atomic mass is 16.5. The quantitative estimate of drug-likeness (QED) is 0.874. The summed E-state index contributed by atoms with van der Waals surface area (Å²) in [6.45, 7) is 6.69. The van der Waals surface area contributed by atoms with E-state index in [1.54, 1.807) is 4.68 Å². The van der Waals surface area contributed by atoms with Crippen LogP contribution in [0.2, 0.25) is 0 Å². The largest absolute Gasteiger partial charge is 0.480 e. The summed E-state index contributed by atoms with van der Waals surface area (Å²) in [7, 11) is 1.87. The van der Waals surface area contributed by atoms with Gasteiger partial charge in [-0.1, -0.05) is 12.1 Å². The molecule has 116 valence electrons. The third-order valence-electron chi connectivity index (χ3n) is 4.35. The van der Waals surface area contributed by atoms with Crippen molar-refractivity contribution < 1.29 is 9.53 Å². The molecule has 0 spiro atoms. The van der Waals surface area contributed by atoms with E-state index in [1.807, 2.05) is 37.9 Å². The molecule has 1 aliphatic heterocycles. The summed E-state index contributed by atoms with van der Waals surface area (Å²) >= 11 is 0. The van der Waals surface area contributed by atoms with Gasteiger partial charge in [-0.15, -0.1) is 0 Å². The van der Waals surface area contributed by atoms with Crippen LogP contribution in [0.5, 0.6) is 5.75 Å². The van der Waals surface area contributed by atoms with Gasteiger partial charge >= 0.3 is 0 Å². The molecular weight excluding hydrogens is 278 g/mol. The van der Waals surface area contributed by atoms with Crippen LogP contribution < -0.4 is 9.64 Å². The van der Waals surface area contributed by atoms with Gasteiger partial charge < -0.3 is 9.64 Å². The van der Waals surface area contributed by atoms with Crippen LogP contribution in [0.1, 0.15) is 22.5 Å². The zero-order chi connectivity index (χ0) is 15.9. The van der Waals surface area contributed by atoms with Gasteiger partial charge in [-0.2, -0.15) is 5.10 Å². The average Bonchev–Trinajstić information content (AvgIpc) is 3.01. The second-order valence-electron chi connectivity index (χ2n) is 5.78. The van der Waals surface area contributed by atoms with E-state index < -0.39 is 0 Å². The van der Waals surface area contributed by atoms with Crippen molar-refractivity contribution in [2.75, 3.05) is 18.1 Å². The molecule has 0 bridgehead atoms. The number of ether oxygens (including phenoxy) is 1. The van der Waals surface area contributed by atoms with E-state index in [-0.39, 0.29) is 12.5 Å². The van der Waals surface area contributed by atoms with Crippen molar-refractivity contribution in [3.63, 3.8) is 0 Å². The second kappa shape index (κ2) is 5.48. The highest BCUT2D eigenvalue weighted by Crippen LogP contribution is 2.30. The van der Waals surface area contributed by atoms with Gasteiger partial charge in [-0.3, -0.25) is 9.48 Å². The normalized spacial score (nSPS) is 13.4. The Kier molecular flexibility index (Phi) is 3.64. The molecule has 1 aromatic heterocycles. The standard InChI is InChI=1S/C17H21N3O2/c1-11-6-5-7-15-14(11)8-9-20(15)16(21)10-22-17-12(2)18-19(4)13(17)3/h5-7H,8-10H2,1-4H3. The summed E-state index contributed by atoms with van der Waals surface area (Å²) in [6, 6.07) is 6.09. The number of rotatable bonds is 3. The molecule has 0 saturated heterocycles. The van der Waals surface area contributed by atoms with Gasteiger partial charge in [0.05, 0.1) is 5.69 Å². The number of benzene rings is 1. The Labute approximate surface area is 130 Å². The molecule has 0 aliphatic carbocycles. The molecule has 1 aromatic carbocycles. The van der Waals surface area contributed by atoms with E-state index in [4.69, 9.17) is 4.74 Å². The summed E-state index contributed by atoms with van der Waals surface area (Å²) in [5, 5.41) is 4.30. The van der Waals surface area contributed by atoms with Crippen LogP contribution in [0, 0.1) is 20.8 Å². The van der Waals surface area contributed by atoms with Crippen LogP contribution >= 0.6 is 0 Å². The van der Waals surface area contributed by atoms with Gasteiger partial charge in [-0.25, -0.2) is 0 Å². The number of hydrogen-bond donors (Lipinski definition) is 0. The molecule has 2 heterocycles. The van der Waals surface area contributed by atoms with Crippen LogP contribution in [0.4, 0.5) is 5.69 Å².